The van der Waals surface area contributed by atoms with Crippen molar-refractivity contribution in [1.29, 1.82) is 0 Å². The summed E-state index contributed by atoms with van der Waals surface area (Å²) in [5.41, 5.74) is 0.401. The molecule has 0 saturated heterocycles. The number of aromatic nitrogens is 3. The Bertz CT molecular complexity index is 585. The molecule has 1 aromatic carbocycles. The average Bonchev–Trinajstić information content (AvgIpc) is 2.98. The van der Waals surface area contributed by atoms with Gasteiger partial charge in [-0.1, -0.05) is 18.2 Å². The van der Waals surface area contributed by atoms with E-state index in [1.54, 1.807) is 35.3 Å². The van der Waals surface area contributed by atoms with E-state index in [-0.39, 0.29) is 11.4 Å². The van der Waals surface area contributed by atoms with E-state index in [2.05, 4.69) is 15.6 Å². The number of nitro benzene ring substituents is 1. The molecule has 1 N–H and O–H groups in total. The Morgan fingerprint density at radius 3 is 3.00 bits per heavy atom. The van der Waals surface area contributed by atoms with Crippen LogP contribution in [0, 0.1) is 10.1 Å². The molecular weight excluding hydrogens is 274 g/mol. The van der Waals surface area contributed by atoms with Gasteiger partial charge < -0.3 is 10.1 Å². The van der Waals surface area contributed by atoms with Crippen LogP contribution in [-0.4, -0.2) is 33.1 Å². The molecule has 2 aromatic rings. The molecular formula is C13H17N5O3. The summed E-state index contributed by atoms with van der Waals surface area (Å²) in [6.45, 7) is 3.47. The van der Waals surface area contributed by atoms with Gasteiger partial charge in [-0.25, -0.2) is 0 Å². The smallest absolute Gasteiger partial charge is 0.333 e. The Hall–Kier alpha value is -2.64. The van der Waals surface area contributed by atoms with Crippen LogP contribution in [0.1, 0.15) is 13.3 Å². The molecule has 2 rings (SSSR count). The number of para-hydroxylation sites is 1. The van der Waals surface area contributed by atoms with Crippen molar-refractivity contribution in [3.8, 4) is 5.75 Å². The van der Waals surface area contributed by atoms with Crippen molar-refractivity contribution in [2.24, 2.45) is 0 Å². The van der Waals surface area contributed by atoms with Gasteiger partial charge in [-0.3, -0.25) is 14.8 Å². The molecule has 0 bridgehead atoms. The Labute approximate surface area is 121 Å². The number of nitro groups is 1. The summed E-state index contributed by atoms with van der Waals surface area (Å²) < 4.78 is 7.08. The summed E-state index contributed by atoms with van der Waals surface area (Å²) in [6, 6.07) is 5.00. The second-order valence-electron chi connectivity index (χ2n) is 4.35. The lowest BCUT2D eigenvalue weighted by atomic mass is 10.2. The molecule has 8 nitrogen and oxygen atoms in total. The molecule has 0 fully saturated rings. The van der Waals surface area contributed by atoms with Crippen LogP contribution in [0.3, 0.4) is 0 Å². The van der Waals surface area contributed by atoms with Gasteiger partial charge >= 0.3 is 5.69 Å². The lowest BCUT2D eigenvalue weighted by molar-refractivity contribution is -0.385. The number of ether oxygens (including phenoxy) is 1. The van der Waals surface area contributed by atoms with E-state index in [1.165, 1.54) is 0 Å². The van der Waals surface area contributed by atoms with E-state index in [0.717, 1.165) is 6.42 Å². The van der Waals surface area contributed by atoms with E-state index in [0.29, 0.717) is 25.4 Å². The first-order valence-corrected chi connectivity index (χ1v) is 6.70. The molecule has 0 aliphatic heterocycles. The molecule has 21 heavy (non-hydrogen) atoms. The normalized spacial score (nSPS) is 10.3. The van der Waals surface area contributed by atoms with Gasteiger partial charge in [0, 0.05) is 12.7 Å². The molecule has 0 atom stereocenters. The third-order valence-electron chi connectivity index (χ3n) is 2.77. The highest BCUT2D eigenvalue weighted by atomic mass is 16.6. The van der Waals surface area contributed by atoms with Crippen LogP contribution in [-0.2, 0) is 6.54 Å². The lowest BCUT2D eigenvalue weighted by Crippen LogP contribution is -2.12. The Morgan fingerprint density at radius 2 is 2.33 bits per heavy atom. The summed E-state index contributed by atoms with van der Waals surface area (Å²) in [6.07, 6.45) is 4.11. The molecule has 0 radical (unpaired) electrons. The molecule has 0 spiro atoms. The van der Waals surface area contributed by atoms with Gasteiger partial charge in [-0.05, 0) is 18.6 Å². The summed E-state index contributed by atoms with van der Waals surface area (Å²) in [5, 5.41) is 21.8. The van der Waals surface area contributed by atoms with Crippen molar-refractivity contribution in [1.82, 2.24) is 15.0 Å². The average molecular weight is 291 g/mol. The quantitative estimate of drug-likeness (QED) is 0.591. The van der Waals surface area contributed by atoms with Crippen LogP contribution < -0.4 is 10.1 Å². The maximum Gasteiger partial charge on any atom is 0.333 e. The summed E-state index contributed by atoms with van der Waals surface area (Å²) >= 11 is 0. The molecule has 112 valence electrons. The molecule has 0 aliphatic carbocycles. The van der Waals surface area contributed by atoms with Crippen molar-refractivity contribution in [2.75, 3.05) is 18.5 Å². The molecule has 1 heterocycles. The zero-order valence-electron chi connectivity index (χ0n) is 11.7. The van der Waals surface area contributed by atoms with Gasteiger partial charge in [-0.2, -0.15) is 0 Å². The Kier molecular flexibility index (Phi) is 5.08. The van der Waals surface area contributed by atoms with Crippen LogP contribution in [0.15, 0.2) is 30.6 Å². The zero-order chi connectivity index (χ0) is 15.1. The molecule has 0 saturated carbocycles. The zero-order valence-corrected chi connectivity index (χ0v) is 11.7. The Balaban J connectivity index is 2.08. The molecule has 0 aliphatic rings. The summed E-state index contributed by atoms with van der Waals surface area (Å²) in [4.78, 5) is 10.8. The third-order valence-corrected chi connectivity index (χ3v) is 2.77. The second-order valence-corrected chi connectivity index (χ2v) is 4.35. The first-order valence-electron chi connectivity index (χ1n) is 6.70. The molecule has 0 unspecified atom stereocenters. The maximum atomic E-state index is 11.3. The first-order chi connectivity index (χ1) is 10.2. The predicted octanol–water partition coefficient (Wildman–Crippen LogP) is 2.09. The maximum absolute atomic E-state index is 11.3. The van der Waals surface area contributed by atoms with Crippen LogP contribution in [0.2, 0.25) is 0 Å². The molecule has 0 amide bonds. The minimum absolute atomic E-state index is 0.0375. The van der Waals surface area contributed by atoms with E-state index in [4.69, 9.17) is 4.74 Å². The van der Waals surface area contributed by atoms with Crippen molar-refractivity contribution < 1.29 is 9.66 Å². The number of hydrogen-bond donors (Lipinski definition) is 1. The largest absolute Gasteiger partial charge is 0.487 e. The fraction of sp³-hybridized carbons (Fsp3) is 0.385. The van der Waals surface area contributed by atoms with Crippen molar-refractivity contribution in [2.45, 2.75) is 19.9 Å². The second kappa shape index (κ2) is 7.22. The van der Waals surface area contributed by atoms with Gasteiger partial charge in [0.05, 0.1) is 24.3 Å². The van der Waals surface area contributed by atoms with Gasteiger partial charge in [0.25, 0.3) is 0 Å². The lowest BCUT2D eigenvalue weighted by Gasteiger charge is -2.10. The van der Waals surface area contributed by atoms with E-state index in [9.17, 15) is 10.1 Å². The number of nitrogens with zero attached hydrogens (tertiary/aromatic N) is 4. The monoisotopic (exact) mass is 291 g/mol. The van der Waals surface area contributed by atoms with Gasteiger partial charge in [-0.15, -0.1) is 5.10 Å². The highest BCUT2D eigenvalue weighted by Crippen LogP contribution is 2.34. The number of anilines is 1. The predicted molar refractivity (Wildman–Crippen MR) is 77.4 cm³/mol. The van der Waals surface area contributed by atoms with Gasteiger partial charge in [0.15, 0.2) is 5.75 Å². The minimum Gasteiger partial charge on any atom is -0.487 e. The number of nitrogens with one attached hydrogen (secondary N) is 1. The van der Waals surface area contributed by atoms with E-state index >= 15 is 0 Å². The van der Waals surface area contributed by atoms with Crippen LogP contribution in [0.25, 0.3) is 0 Å². The summed E-state index contributed by atoms with van der Waals surface area (Å²) in [5.74, 6) is 0.285. The van der Waals surface area contributed by atoms with Crippen molar-refractivity contribution in [3.05, 3.63) is 40.7 Å². The number of rotatable bonds is 8. The van der Waals surface area contributed by atoms with Gasteiger partial charge in [0.2, 0.25) is 0 Å². The fourth-order valence-corrected chi connectivity index (χ4v) is 1.84. The molecule has 1 aromatic heterocycles. The SMILES string of the molecule is CCCOc1cccc(NCCn2ccnn2)c1[N+](=O)[O-]. The Morgan fingerprint density at radius 1 is 1.48 bits per heavy atom. The van der Waals surface area contributed by atoms with Crippen LogP contribution in [0.4, 0.5) is 11.4 Å². The highest BCUT2D eigenvalue weighted by molar-refractivity contribution is 5.68. The number of hydrogen-bond acceptors (Lipinski definition) is 6. The van der Waals surface area contributed by atoms with Crippen LogP contribution in [0.5, 0.6) is 5.75 Å². The van der Waals surface area contributed by atoms with Crippen molar-refractivity contribution in [3.63, 3.8) is 0 Å². The standard InChI is InChI=1S/C13H17N5O3/c1-2-10-21-12-5-3-4-11(13(12)18(19)20)14-6-8-17-9-7-15-16-17/h3-5,7,9,14H,2,6,8,10H2,1H3. The van der Waals surface area contributed by atoms with Crippen molar-refractivity contribution >= 4 is 11.4 Å². The minimum atomic E-state index is -0.428. The van der Waals surface area contributed by atoms with E-state index < -0.39 is 4.92 Å². The van der Waals surface area contributed by atoms with Gasteiger partial charge in [0.1, 0.15) is 5.69 Å². The fourth-order valence-electron chi connectivity index (χ4n) is 1.84. The topological polar surface area (TPSA) is 95.1 Å². The molecule has 8 heteroatoms. The van der Waals surface area contributed by atoms with Crippen LogP contribution >= 0.6 is 0 Å². The number of benzene rings is 1. The van der Waals surface area contributed by atoms with E-state index in [1.807, 2.05) is 6.92 Å². The highest BCUT2D eigenvalue weighted by Gasteiger charge is 2.20. The third kappa shape index (κ3) is 3.91. The summed E-state index contributed by atoms with van der Waals surface area (Å²) in [7, 11) is 0. The first kappa shape index (κ1) is 14.8.